The third-order valence-electron chi connectivity index (χ3n) is 3.71. The van der Waals surface area contributed by atoms with Gasteiger partial charge in [0.2, 0.25) is 5.91 Å². The predicted molar refractivity (Wildman–Crippen MR) is 67.9 cm³/mol. The molecule has 0 spiro atoms. The van der Waals surface area contributed by atoms with E-state index in [2.05, 4.69) is 30.1 Å². The summed E-state index contributed by atoms with van der Waals surface area (Å²) >= 11 is 0. The average molecular weight is 227 g/mol. The summed E-state index contributed by atoms with van der Waals surface area (Å²) in [6, 6.07) is 6.36. The number of fused-ring (bicyclic) bond motifs is 3. The molecule has 2 aromatic rings. The number of primary amides is 1. The summed E-state index contributed by atoms with van der Waals surface area (Å²) in [5.41, 5.74) is 10.2. The molecule has 0 aliphatic heterocycles. The number of hydrogen-bond donors (Lipinski definition) is 2. The number of aromatic nitrogens is 1. The van der Waals surface area contributed by atoms with E-state index in [4.69, 9.17) is 5.73 Å². The lowest BCUT2D eigenvalue weighted by atomic mass is 9.86. The van der Waals surface area contributed by atoms with Crippen LogP contribution in [0, 0.1) is 6.92 Å². The topological polar surface area (TPSA) is 58.9 Å². The third-order valence-corrected chi connectivity index (χ3v) is 3.71. The lowest BCUT2D eigenvalue weighted by Gasteiger charge is -2.19. The third kappa shape index (κ3) is 1.54. The summed E-state index contributed by atoms with van der Waals surface area (Å²) in [7, 11) is 0. The van der Waals surface area contributed by atoms with Gasteiger partial charge in [-0.1, -0.05) is 11.6 Å². The maximum Gasteiger partial charge on any atom is 0.226 e. The molecule has 88 valence electrons. The number of carbonyl (C=O) groups is 1. The van der Waals surface area contributed by atoms with Gasteiger partial charge in [0.05, 0.1) is 5.92 Å². The van der Waals surface area contributed by atoms with Gasteiger partial charge in [0.1, 0.15) is 0 Å². The van der Waals surface area contributed by atoms with Gasteiger partial charge in [0.25, 0.3) is 0 Å². The minimum atomic E-state index is -0.214. The van der Waals surface area contributed by atoms with Crippen molar-refractivity contribution in [3.8, 4) is 0 Å². The van der Waals surface area contributed by atoms with Crippen LogP contribution in [0.25, 0.3) is 10.9 Å². The number of carbonyl (C=O) groups excluding carboxylic acids is 1. The molecule has 3 nitrogen and oxygen atoms in total. The van der Waals surface area contributed by atoms with Gasteiger partial charge in [-0.3, -0.25) is 4.79 Å². The van der Waals surface area contributed by atoms with Crippen LogP contribution in [0.1, 0.15) is 35.6 Å². The molecule has 3 N–H and O–H groups in total. The summed E-state index contributed by atoms with van der Waals surface area (Å²) in [5.74, 6) is -0.347. The molecular formula is C14H16N2O. The highest BCUT2D eigenvalue weighted by atomic mass is 16.1. The van der Waals surface area contributed by atoms with Crippen molar-refractivity contribution < 1.29 is 4.79 Å². The van der Waals surface area contributed by atoms with Crippen molar-refractivity contribution in [3.63, 3.8) is 0 Å². The summed E-state index contributed by atoms with van der Waals surface area (Å²) in [4.78, 5) is 14.8. The Morgan fingerprint density at radius 3 is 3.06 bits per heavy atom. The van der Waals surface area contributed by atoms with Crippen LogP contribution in [0.3, 0.4) is 0 Å². The van der Waals surface area contributed by atoms with E-state index in [1.165, 1.54) is 16.5 Å². The largest absolute Gasteiger partial charge is 0.369 e. The zero-order chi connectivity index (χ0) is 12.0. The first-order valence-corrected chi connectivity index (χ1v) is 6.07. The number of H-pyrrole nitrogens is 1. The van der Waals surface area contributed by atoms with E-state index in [0.29, 0.717) is 0 Å². The van der Waals surface area contributed by atoms with Crippen molar-refractivity contribution in [2.24, 2.45) is 5.73 Å². The first-order chi connectivity index (χ1) is 8.16. The van der Waals surface area contributed by atoms with Crippen molar-refractivity contribution in [1.82, 2.24) is 4.98 Å². The van der Waals surface area contributed by atoms with Crippen LogP contribution in [-0.4, -0.2) is 10.9 Å². The normalized spacial score (nSPS) is 19.2. The van der Waals surface area contributed by atoms with Gasteiger partial charge >= 0.3 is 0 Å². The molecule has 1 unspecified atom stereocenters. The van der Waals surface area contributed by atoms with Crippen LogP contribution in [0.15, 0.2) is 18.2 Å². The van der Waals surface area contributed by atoms with Crippen molar-refractivity contribution in [1.29, 1.82) is 0 Å². The number of benzene rings is 1. The van der Waals surface area contributed by atoms with Crippen molar-refractivity contribution in [2.75, 3.05) is 0 Å². The minimum Gasteiger partial charge on any atom is -0.369 e. The first kappa shape index (κ1) is 10.4. The van der Waals surface area contributed by atoms with Crippen LogP contribution >= 0.6 is 0 Å². The predicted octanol–water partition coefficient (Wildman–Crippen LogP) is 2.38. The van der Waals surface area contributed by atoms with Gasteiger partial charge in [0.15, 0.2) is 0 Å². The molecule has 1 aromatic heterocycles. The van der Waals surface area contributed by atoms with Crippen molar-refractivity contribution >= 4 is 16.8 Å². The molecule has 1 amide bonds. The molecule has 3 heteroatoms. The molecule has 0 saturated heterocycles. The Hall–Kier alpha value is -1.77. The molecule has 0 fully saturated rings. The Morgan fingerprint density at radius 2 is 2.29 bits per heavy atom. The molecule has 0 radical (unpaired) electrons. The maximum atomic E-state index is 11.5. The summed E-state index contributed by atoms with van der Waals surface area (Å²) < 4.78 is 0. The number of rotatable bonds is 1. The molecule has 3 rings (SSSR count). The molecule has 1 aromatic carbocycles. The van der Waals surface area contributed by atoms with Crippen LogP contribution in [0.4, 0.5) is 0 Å². The highest BCUT2D eigenvalue weighted by Gasteiger charge is 2.27. The van der Waals surface area contributed by atoms with Crippen LogP contribution in [0.2, 0.25) is 0 Å². The number of aromatic amines is 1. The second kappa shape index (κ2) is 3.62. The van der Waals surface area contributed by atoms with Crippen LogP contribution < -0.4 is 5.73 Å². The van der Waals surface area contributed by atoms with E-state index in [9.17, 15) is 4.79 Å². The lowest BCUT2D eigenvalue weighted by molar-refractivity contribution is -0.119. The van der Waals surface area contributed by atoms with E-state index < -0.39 is 0 Å². The lowest BCUT2D eigenvalue weighted by Crippen LogP contribution is -2.24. The van der Waals surface area contributed by atoms with E-state index in [0.717, 1.165) is 30.5 Å². The number of nitrogens with two attached hydrogens (primary N) is 1. The minimum absolute atomic E-state index is 0.133. The molecule has 17 heavy (non-hydrogen) atoms. The van der Waals surface area contributed by atoms with Crippen LogP contribution in [-0.2, 0) is 11.2 Å². The average Bonchev–Trinajstić information content (AvgIpc) is 2.66. The summed E-state index contributed by atoms with van der Waals surface area (Å²) in [6.45, 7) is 2.09. The van der Waals surface area contributed by atoms with Gasteiger partial charge in [-0.15, -0.1) is 0 Å². The Morgan fingerprint density at radius 1 is 1.47 bits per heavy atom. The van der Waals surface area contributed by atoms with Gasteiger partial charge in [-0.2, -0.15) is 0 Å². The monoisotopic (exact) mass is 227 g/mol. The summed E-state index contributed by atoms with van der Waals surface area (Å²) in [5, 5.41) is 1.26. The van der Waals surface area contributed by atoms with E-state index >= 15 is 0 Å². The van der Waals surface area contributed by atoms with E-state index in [1.54, 1.807) is 0 Å². The molecule has 1 atom stereocenters. The Bertz CT molecular complexity index is 598. The number of aryl methyl sites for hydroxylation is 2. The zero-order valence-electron chi connectivity index (χ0n) is 9.92. The zero-order valence-corrected chi connectivity index (χ0v) is 9.92. The maximum absolute atomic E-state index is 11.5. The standard InChI is InChI=1S/C14H16N2O/c1-8-5-6-12-11(7-8)9-3-2-4-10(14(15)17)13(9)16-12/h5-7,10,16H,2-4H2,1H3,(H2,15,17)/i1-1. The fraction of sp³-hybridized carbons (Fsp3) is 0.357. The molecule has 1 heterocycles. The Balaban J connectivity index is 2.25. The highest BCUT2D eigenvalue weighted by Crippen LogP contribution is 2.36. The van der Waals surface area contributed by atoms with Gasteiger partial charge < -0.3 is 10.7 Å². The first-order valence-electron chi connectivity index (χ1n) is 6.07. The molecule has 0 saturated carbocycles. The quantitative estimate of drug-likeness (QED) is 0.772. The number of amides is 1. The molecular weight excluding hydrogens is 211 g/mol. The number of nitrogens with one attached hydrogen (secondary N) is 1. The Kier molecular flexibility index (Phi) is 2.21. The van der Waals surface area contributed by atoms with Crippen LogP contribution in [0.5, 0.6) is 0 Å². The second-order valence-corrected chi connectivity index (χ2v) is 4.91. The fourth-order valence-corrected chi connectivity index (χ4v) is 2.86. The molecule has 0 bridgehead atoms. The summed E-state index contributed by atoms with van der Waals surface area (Å²) in [6.07, 6.45) is 2.96. The SMILES string of the molecule is [11CH3]c1ccc2[nH]c3c(c2c1)CCCC3C(N)=O. The molecule has 1 aliphatic rings. The highest BCUT2D eigenvalue weighted by molar-refractivity contribution is 5.90. The van der Waals surface area contributed by atoms with E-state index in [1.807, 2.05) is 0 Å². The second-order valence-electron chi connectivity index (χ2n) is 4.91. The fourth-order valence-electron chi connectivity index (χ4n) is 2.86. The van der Waals surface area contributed by atoms with Gasteiger partial charge in [-0.05, 0) is 43.9 Å². The number of hydrogen-bond acceptors (Lipinski definition) is 1. The van der Waals surface area contributed by atoms with Gasteiger partial charge in [-0.25, -0.2) is 0 Å². The smallest absolute Gasteiger partial charge is 0.226 e. The molecule has 1 aliphatic carbocycles. The van der Waals surface area contributed by atoms with Gasteiger partial charge in [0, 0.05) is 16.6 Å². The van der Waals surface area contributed by atoms with E-state index in [-0.39, 0.29) is 11.8 Å². The van der Waals surface area contributed by atoms with Crippen molar-refractivity contribution in [2.45, 2.75) is 32.1 Å². The van der Waals surface area contributed by atoms with Crippen molar-refractivity contribution in [3.05, 3.63) is 35.0 Å². The Labute approximate surface area is 100 Å².